The molecule has 0 spiro atoms. The minimum Gasteiger partial charge on any atom is -0.352 e. The molecular formula is C10H12BrFN2O. The lowest BCUT2D eigenvalue weighted by molar-refractivity contribution is 0.0952. The van der Waals surface area contributed by atoms with Gasteiger partial charge in [-0.15, -0.1) is 0 Å². The van der Waals surface area contributed by atoms with Crippen LogP contribution in [0.25, 0.3) is 0 Å². The lowest BCUT2D eigenvalue weighted by Gasteiger charge is -2.06. The number of benzene rings is 1. The molecule has 1 aromatic carbocycles. The minimum atomic E-state index is -0.429. The zero-order valence-corrected chi connectivity index (χ0v) is 9.68. The van der Waals surface area contributed by atoms with E-state index in [4.69, 9.17) is 5.73 Å². The van der Waals surface area contributed by atoms with Crippen LogP contribution in [0.3, 0.4) is 0 Å². The fraction of sp³-hybridized carbons (Fsp3) is 0.300. The summed E-state index contributed by atoms with van der Waals surface area (Å²) in [6, 6.07) is 4.00. The van der Waals surface area contributed by atoms with Crippen molar-refractivity contribution in [2.75, 3.05) is 13.1 Å². The molecule has 1 amide bonds. The molecule has 0 heterocycles. The lowest BCUT2D eigenvalue weighted by Crippen LogP contribution is -2.26. The highest BCUT2D eigenvalue weighted by Crippen LogP contribution is 2.17. The standard InChI is InChI=1S/C10H12BrFN2O/c11-9-3-2-7(12)6-8(9)10(15)14-5-1-4-13/h2-3,6H,1,4-5,13H2,(H,14,15). The van der Waals surface area contributed by atoms with E-state index in [-0.39, 0.29) is 5.91 Å². The molecule has 3 N–H and O–H groups in total. The molecule has 82 valence electrons. The predicted molar refractivity (Wildman–Crippen MR) is 60.1 cm³/mol. The Labute approximate surface area is 96.0 Å². The average Bonchev–Trinajstić information content (AvgIpc) is 2.22. The summed E-state index contributed by atoms with van der Waals surface area (Å²) in [6.07, 6.45) is 0.707. The topological polar surface area (TPSA) is 55.1 Å². The molecule has 0 atom stereocenters. The Morgan fingerprint density at radius 3 is 2.93 bits per heavy atom. The monoisotopic (exact) mass is 274 g/mol. The molecule has 0 aliphatic rings. The van der Waals surface area contributed by atoms with Crippen molar-refractivity contribution >= 4 is 21.8 Å². The SMILES string of the molecule is NCCCNC(=O)c1cc(F)ccc1Br. The predicted octanol–water partition coefficient (Wildman–Crippen LogP) is 1.67. The van der Waals surface area contributed by atoms with Crippen molar-refractivity contribution in [3.63, 3.8) is 0 Å². The van der Waals surface area contributed by atoms with Gasteiger partial charge in [0.2, 0.25) is 0 Å². The summed E-state index contributed by atoms with van der Waals surface area (Å²) in [4.78, 5) is 11.5. The third-order valence-electron chi connectivity index (χ3n) is 1.84. The molecule has 0 aliphatic carbocycles. The Morgan fingerprint density at radius 2 is 2.27 bits per heavy atom. The van der Waals surface area contributed by atoms with Gasteiger partial charge in [-0.1, -0.05) is 0 Å². The molecule has 0 aromatic heterocycles. The zero-order chi connectivity index (χ0) is 11.3. The Kier molecular flexibility index (Phi) is 4.71. The van der Waals surface area contributed by atoms with Gasteiger partial charge >= 0.3 is 0 Å². The van der Waals surface area contributed by atoms with Gasteiger partial charge in [0.15, 0.2) is 0 Å². The van der Waals surface area contributed by atoms with E-state index in [1.54, 1.807) is 0 Å². The van der Waals surface area contributed by atoms with Gasteiger partial charge in [0.05, 0.1) is 5.56 Å². The van der Waals surface area contributed by atoms with Gasteiger partial charge in [-0.25, -0.2) is 4.39 Å². The number of rotatable bonds is 4. The number of hydrogen-bond donors (Lipinski definition) is 2. The first-order valence-corrected chi connectivity index (χ1v) is 5.37. The van der Waals surface area contributed by atoms with Crippen molar-refractivity contribution in [2.45, 2.75) is 6.42 Å². The summed E-state index contributed by atoms with van der Waals surface area (Å²) >= 11 is 3.19. The molecule has 0 radical (unpaired) electrons. The van der Waals surface area contributed by atoms with E-state index in [1.165, 1.54) is 18.2 Å². The first-order valence-electron chi connectivity index (χ1n) is 4.58. The Hall–Kier alpha value is -0.940. The van der Waals surface area contributed by atoms with E-state index < -0.39 is 5.82 Å². The van der Waals surface area contributed by atoms with E-state index in [1.807, 2.05) is 0 Å². The smallest absolute Gasteiger partial charge is 0.252 e. The molecule has 1 rings (SSSR count). The van der Waals surface area contributed by atoms with Gasteiger partial charge in [0.25, 0.3) is 5.91 Å². The second-order valence-electron chi connectivity index (χ2n) is 3.02. The molecule has 0 fully saturated rings. The number of carbonyl (C=O) groups excluding carboxylic acids is 1. The summed E-state index contributed by atoms with van der Waals surface area (Å²) in [7, 11) is 0. The fourth-order valence-electron chi connectivity index (χ4n) is 1.07. The minimum absolute atomic E-state index is 0.296. The van der Waals surface area contributed by atoms with Crippen molar-refractivity contribution in [1.29, 1.82) is 0 Å². The Morgan fingerprint density at radius 1 is 1.53 bits per heavy atom. The van der Waals surface area contributed by atoms with E-state index in [0.29, 0.717) is 29.5 Å². The van der Waals surface area contributed by atoms with Gasteiger partial charge in [0, 0.05) is 11.0 Å². The maximum Gasteiger partial charge on any atom is 0.252 e. The number of nitrogens with one attached hydrogen (secondary N) is 1. The number of nitrogens with two attached hydrogens (primary N) is 1. The third-order valence-corrected chi connectivity index (χ3v) is 2.53. The second kappa shape index (κ2) is 5.82. The van der Waals surface area contributed by atoms with Crippen LogP contribution in [0.4, 0.5) is 4.39 Å². The van der Waals surface area contributed by atoms with E-state index in [2.05, 4.69) is 21.2 Å². The van der Waals surface area contributed by atoms with Crippen LogP contribution in [0, 0.1) is 5.82 Å². The summed E-state index contributed by atoms with van der Waals surface area (Å²) in [5, 5.41) is 2.65. The largest absolute Gasteiger partial charge is 0.352 e. The van der Waals surface area contributed by atoms with Crippen LogP contribution in [-0.2, 0) is 0 Å². The van der Waals surface area contributed by atoms with Crippen LogP contribution in [0.15, 0.2) is 22.7 Å². The zero-order valence-electron chi connectivity index (χ0n) is 8.09. The molecular weight excluding hydrogens is 263 g/mol. The molecule has 1 aromatic rings. The van der Waals surface area contributed by atoms with E-state index in [0.717, 1.165) is 0 Å². The number of hydrogen-bond acceptors (Lipinski definition) is 2. The van der Waals surface area contributed by atoms with Crippen LogP contribution in [0.1, 0.15) is 16.8 Å². The first kappa shape index (κ1) is 12.1. The Bertz CT molecular complexity index is 357. The number of carbonyl (C=O) groups is 1. The van der Waals surface area contributed by atoms with Gasteiger partial charge < -0.3 is 11.1 Å². The number of amides is 1. The highest BCUT2D eigenvalue weighted by atomic mass is 79.9. The van der Waals surface area contributed by atoms with Crippen molar-refractivity contribution < 1.29 is 9.18 Å². The fourth-order valence-corrected chi connectivity index (χ4v) is 1.50. The van der Waals surface area contributed by atoms with Crippen LogP contribution in [0.5, 0.6) is 0 Å². The lowest BCUT2D eigenvalue weighted by atomic mass is 10.2. The molecule has 5 heteroatoms. The number of halogens is 2. The normalized spacial score (nSPS) is 10.1. The highest BCUT2D eigenvalue weighted by molar-refractivity contribution is 9.10. The van der Waals surface area contributed by atoms with Crippen molar-refractivity contribution in [3.05, 3.63) is 34.1 Å². The van der Waals surface area contributed by atoms with Crippen LogP contribution >= 0.6 is 15.9 Å². The maximum atomic E-state index is 12.9. The molecule has 3 nitrogen and oxygen atoms in total. The summed E-state index contributed by atoms with van der Waals surface area (Å²) in [6.45, 7) is 1.02. The average molecular weight is 275 g/mol. The van der Waals surface area contributed by atoms with Gasteiger partial charge in [-0.2, -0.15) is 0 Å². The maximum absolute atomic E-state index is 12.9. The molecule has 0 saturated heterocycles. The third kappa shape index (κ3) is 3.60. The molecule has 0 unspecified atom stereocenters. The summed E-state index contributed by atoms with van der Waals surface area (Å²) in [5.74, 6) is -0.725. The van der Waals surface area contributed by atoms with E-state index >= 15 is 0 Å². The van der Waals surface area contributed by atoms with E-state index in [9.17, 15) is 9.18 Å². The summed E-state index contributed by atoms with van der Waals surface area (Å²) < 4.78 is 13.5. The van der Waals surface area contributed by atoms with Gasteiger partial charge in [0.1, 0.15) is 5.82 Å². The van der Waals surface area contributed by atoms with Gasteiger partial charge in [-0.05, 0) is 47.1 Å². The molecule has 0 aliphatic heterocycles. The first-order chi connectivity index (χ1) is 7.15. The summed E-state index contributed by atoms with van der Waals surface area (Å²) in [5.41, 5.74) is 5.59. The van der Waals surface area contributed by atoms with Gasteiger partial charge in [-0.3, -0.25) is 4.79 Å². The molecule has 15 heavy (non-hydrogen) atoms. The second-order valence-corrected chi connectivity index (χ2v) is 3.88. The quantitative estimate of drug-likeness (QED) is 0.821. The van der Waals surface area contributed by atoms with Crippen LogP contribution in [0.2, 0.25) is 0 Å². The molecule has 0 bridgehead atoms. The van der Waals surface area contributed by atoms with Crippen molar-refractivity contribution in [3.8, 4) is 0 Å². The van der Waals surface area contributed by atoms with Crippen molar-refractivity contribution in [1.82, 2.24) is 5.32 Å². The van der Waals surface area contributed by atoms with Crippen LogP contribution < -0.4 is 11.1 Å². The Balaban J connectivity index is 2.68. The van der Waals surface area contributed by atoms with Crippen LogP contribution in [-0.4, -0.2) is 19.0 Å². The van der Waals surface area contributed by atoms with Crippen molar-refractivity contribution in [2.24, 2.45) is 5.73 Å². The molecule has 0 saturated carbocycles. The highest BCUT2D eigenvalue weighted by Gasteiger charge is 2.09.